The Balaban J connectivity index is 1.65. The molecule has 0 aliphatic carbocycles. The third kappa shape index (κ3) is 2.83. The van der Waals surface area contributed by atoms with Gasteiger partial charge in [0.05, 0.1) is 0 Å². The van der Waals surface area contributed by atoms with Crippen LogP contribution in [0.1, 0.15) is 22.5 Å². The highest BCUT2D eigenvalue weighted by Crippen LogP contribution is 2.31. The first-order valence-corrected chi connectivity index (χ1v) is 9.09. The molecule has 120 valence electrons. The molecule has 2 heterocycles. The molecule has 1 aromatic heterocycles. The van der Waals surface area contributed by atoms with Crippen molar-refractivity contribution in [3.8, 4) is 10.6 Å². The second-order valence-electron chi connectivity index (χ2n) is 5.74. The summed E-state index contributed by atoms with van der Waals surface area (Å²) in [4.78, 5) is 19.3. The Hall–Kier alpha value is -2.17. The topological polar surface area (TPSA) is 33.2 Å². The summed E-state index contributed by atoms with van der Waals surface area (Å²) in [5.41, 5.74) is 3.61. The first-order valence-electron chi connectivity index (χ1n) is 7.83. The Bertz CT molecular complexity index is 891. The molecule has 0 bridgehead atoms. The Morgan fingerprint density at radius 3 is 2.83 bits per heavy atom. The van der Waals surface area contributed by atoms with Crippen LogP contribution in [0.3, 0.4) is 0 Å². The smallest absolute Gasteiger partial charge is 0.277 e. The molecule has 5 heteroatoms. The van der Waals surface area contributed by atoms with E-state index < -0.39 is 0 Å². The number of aromatic nitrogens is 1. The number of aryl methyl sites for hydroxylation is 1. The van der Waals surface area contributed by atoms with E-state index in [0.717, 1.165) is 34.7 Å². The van der Waals surface area contributed by atoms with Crippen LogP contribution in [0, 0.1) is 0 Å². The number of carbonyl (C=O) groups excluding carboxylic acids is 1. The number of rotatable bonds is 2. The Labute approximate surface area is 149 Å². The highest BCUT2D eigenvalue weighted by molar-refractivity contribution is 7.13. The lowest BCUT2D eigenvalue weighted by molar-refractivity contribution is 0.0981. The predicted octanol–water partition coefficient (Wildman–Crippen LogP) is 5.06. The maximum atomic E-state index is 12.9. The van der Waals surface area contributed by atoms with Crippen LogP contribution in [0.25, 0.3) is 10.6 Å². The van der Waals surface area contributed by atoms with Crippen molar-refractivity contribution < 1.29 is 4.79 Å². The number of amides is 1. The maximum absolute atomic E-state index is 12.9. The number of anilines is 1. The van der Waals surface area contributed by atoms with Crippen LogP contribution in [-0.4, -0.2) is 17.4 Å². The summed E-state index contributed by atoms with van der Waals surface area (Å²) >= 11 is 7.58. The number of halogens is 1. The quantitative estimate of drug-likeness (QED) is 0.644. The molecule has 1 aliphatic heterocycles. The second kappa shape index (κ2) is 6.38. The van der Waals surface area contributed by atoms with Crippen LogP contribution in [-0.2, 0) is 6.42 Å². The average molecular weight is 355 g/mol. The summed E-state index contributed by atoms with van der Waals surface area (Å²) in [5, 5.41) is 3.42. The molecule has 24 heavy (non-hydrogen) atoms. The number of hydrogen-bond acceptors (Lipinski definition) is 3. The van der Waals surface area contributed by atoms with E-state index in [0.29, 0.717) is 17.3 Å². The molecule has 1 amide bonds. The van der Waals surface area contributed by atoms with Crippen molar-refractivity contribution in [1.82, 2.24) is 4.98 Å². The summed E-state index contributed by atoms with van der Waals surface area (Å²) in [5.74, 6) is -0.0447. The molecule has 0 saturated heterocycles. The van der Waals surface area contributed by atoms with Crippen molar-refractivity contribution in [3.05, 3.63) is 70.2 Å². The standard InChI is InChI=1S/C19H15ClN2OS/c20-15-8-9-17-14(11-15)7-4-10-22(17)19(23)16-12-24-18(21-16)13-5-2-1-3-6-13/h1-3,5-6,8-9,11-12H,4,7,10H2. The molecule has 3 aromatic rings. The number of carbonyl (C=O) groups is 1. The van der Waals surface area contributed by atoms with E-state index in [9.17, 15) is 4.79 Å². The van der Waals surface area contributed by atoms with Gasteiger partial charge in [0.15, 0.2) is 0 Å². The van der Waals surface area contributed by atoms with Gasteiger partial charge in [-0.2, -0.15) is 0 Å². The van der Waals surface area contributed by atoms with Gasteiger partial charge in [-0.1, -0.05) is 41.9 Å². The van der Waals surface area contributed by atoms with E-state index in [-0.39, 0.29) is 5.91 Å². The minimum Gasteiger partial charge on any atom is -0.307 e. The summed E-state index contributed by atoms with van der Waals surface area (Å²) in [6, 6.07) is 15.6. The summed E-state index contributed by atoms with van der Waals surface area (Å²) < 4.78 is 0. The summed E-state index contributed by atoms with van der Waals surface area (Å²) in [7, 11) is 0. The van der Waals surface area contributed by atoms with Gasteiger partial charge in [-0.05, 0) is 36.6 Å². The molecule has 0 unspecified atom stereocenters. The number of hydrogen-bond donors (Lipinski definition) is 0. The van der Waals surface area contributed by atoms with Gasteiger partial charge >= 0.3 is 0 Å². The molecule has 0 N–H and O–H groups in total. The number of nitrogens with zero attached hydrogens (tertiary/aromatic N) is 2. The van der Waals surface area contributed by atoms with Crippen molar-refractivity contribution in [1.29, 1.82) is 0 Å². The maximum Gasteiger partial charge on any atom is 0.277 e. The zero-order valence-electron chi connectivity index (χ0n) is 12.9. The van der Waals surface area contributed by atoms with Gasteiger partial charge in [0, 0.05) is 28.2 Å². The van der Waals surface area contributed by atoms with Crippen molar-refractivity contribution in [2.75, 3.05) is 11.4 Å². The van der Waals surface area contributed by atoms with E-state index in [4.69, 9.17) is 11.6 Å². The van der Waals surface area contributed by atoms with Crippen molar-refractivity contribution in [3.63, 3.8) is 0 Å². The van der Waals surface area contributed by atoms with Gasteiger partial charge in [-0.15, -0.1) is 11.3 Å². The van der Waals surface area contributed by atoms with E-state index in [1.54, 1.807) is 0 Å². The fraction of sp³-hybridized carbons (Fsp3) is 0.158. The number of benzene rings is 2. The zero-order chi connectivity index (χ0) is 16.5. The molecule has 2 aromatic carbocycles. The zero-order valence-corrected chi connectivity index (χ0v) is 14.5. The molecule has 0 fully saturated rings. The van der Waals surface area contributed by atoms with Crippen molar-refractivity contribution in [2.45, 2.75) is 12.8 Å². The highest BCUT2D eigenvalue weighted by atomic mass is 35.5. The number of thiazole rings is 1. The fourth-order valence-electron chi connectivity index (χ4n) is 3.00. The van der Waals surface area contributed by atoms with Gasteiger partial charge < -0.3 is 4.90 Å². The fourth-order valence-corrected chi connectivity index (χ4v) is 3.99. The van der Waals surface area contributed by atoms with E-state index in [2.05, 4.69) is 4.98 Å². The van der Waals surface area contributed by atoms with E-state index >= 15 is 0 Å². The Morgan fingerprint density at radius 1 is 1.17 bits per heavy atom. The lowest BCUT2D eigenvalue weighted by Gasteiger charge is -2.29. The van der Waals surface area contributed by atoms with Gasteiger partial charge in [0.25, 0.3) is 5.91 Å². The van der Waals surface area contributed by atoms with Gasteiger partial charge in [-0.3, -0.25) is 4.79 Å². The van der Waals surface area contributed by atoms with Crippen molar-refractivity contribution in [2.24, 2.45) is 0 Å². The lowest BCUT2D eigenvalue weighted by Crippen LogP contribution is -2.35. The SMILES string of the molecule is O=C(c1csc(-c2ccccc2)n1)N1CCCc2cc(Cl)ccc21. The van der Waals surface area contributed by atoms with Gasteiger partial charge in [-0.25, -0.2) is 4.98 Å². The molecule has 0 saturated carbocycles. The molecule has 3 nitrogen and oxygen atoms in total. The van der Waals surface area contributed by atoms with Crippen LogP contribution in [0.2, 0.25) is 5.02 Å². The van der Waals surface area contributed by atoms with Gasteiger partial charge in [0.2, 0.25) is 0 Å². The largest absolute Gasteiger partial charge is 0.307 e. The minimum atomic E-state index is -0.0447. The minimum absolute atomic E-state index is 0.0447. The molecule has 1 aliphatic rings. The first-order chi connectivity index (χ1) is 11.7. The van der Waals surface area contributed by atoms with Crippen molar-refractivity contribution >= 4 is 34.5 Å². The van der Waals surface area contributed by atoms with Crippen LogP contribution >= 0.6 is 22.9 Å². The highest BCUT2D eigenvalue weighted by Gasteiger charge is 2.25. The van der Waals surface area contributed by atoms with Crippen LogP contribution < -0.4 is 4.90 Å². The normalized spacial score (nSPS) is 13.6. The molecule has 0 spiro atoms. The number of fused-ring (bicyclic) bond motifs is 1. The predicted molar refractivity (Wildman–Crippen MR) is 99.0 cm³/mol. The monoisotopic (exact) mass is 354 g/mol. The molecule has 0 radical (unpaired) electrons. The Kier molecular flexibility index (Phi) is 4.08. The van der Waals surface area contributed by atoms with Crippen LogP contribution in [0.4, 0.5) is 5.69 Å². The van der Waals surface area contributed by atoms with E-state index in [1.807, 2.05) is 58.8 Å². The van der Waals surface area contributed by atoms with Crippen LogP contribution in [0.5, 0.6) is 0 Å². The van der Waals surface area contributed by atoms with Crippen LogP contribution in [0.15, 0.2) is 53.9 Å². The summed E-state index contributed by atoms with van der Waals surface area (Å²) in [6.07, 6.45) is 1.89. The third-order valence-electron chi connectivity index (χ3n) is 4.15. The van der Waals surface area contributed by atoms with E-state index in [1.165, 1.54) is 11.3 Å². The van der Waals surface area contributed by atoms with Gasteiger partial charge in [0.1, 0.15) is 10.7 Å². The summed E-state index contributed by atoms with van der Waals surface area (Å²) in [6.45, 7) is 0.714. The molecular formula is C19H15ClN2OS. The lowest BCUT2D eigenvalue weighted by atomic mass is 10.0. The Morgan fingerprint density at radius 2 is 2.00 bits per heavy atom. The third-order valence-corrected chi connectivity index (χ3v) is 5.28. The first kappa shape index (κ1) is 15.4. The second-order valence-corrected chi connectivity index (χ2v) is 7.03. The molecular weight excluding hydrogens is 340 g/mol. The average Bonchev–Trinajstić information content (AvgIpc) is 3.11. The molecule has 4 rings (SSSR count). The molecule has 0 atom stereocenters.